The predicted octanol–water partition coefficient (Wildman–Crippen LogP) is 3.42. The second-order valence-electron chi connectivity index (χ2n) is 6.53. The molecule has 16 heavy (non-hydrogen) atoms. The van der Waals surface area contributed by atoms with Crippen molar-refractivity contribution in [2.45, 2.75) is 44.3 Å². The number of hydrogen-bond donors (Lipinski definition) is 0. The van der Waals surface area contributed by atoms with Crippen LogP contribution in [0.25, 0.3) is 0 Å². The summed E-state index contributed by atoms with van der Waals surface area (Å²) in [5.74, 6) is 0.189. The maximum absolute atomic E-state index is 13.4. The molecule has 4 aliphatic carbocycles. The first-order chi connectivity index (χ1) is 7.17. The topological polar surface area (TPSA) is 9.23 Å². The molecule has 0 radical (unpaired) electrons. The Morgan fingerprint density at radius 3 is 1.88 bits per heavy atom. The molecular formula is C11H17F3OSi. The van der Waals surface area contributed by atoms with Gasteiger partial charge in [0.05, 0.1) is 0 Å². The Bertz CT molecular complexity index is 319. The standard InChI is InChI=1S/C11H17F3OSi/c1-16(2,3)15-10(11(12,13)14)6-4-7-8(5-6)9(7)10/h6-9H,4-5H2,1-3H3/t6?,7?,8?,9?,10-/m0/s1. The van der Waals surface area contributed by atoms with Crippen LogP contribution in [0.2, 0.25) is 19.6 Å². The highest BCUT2D eigenvalue weighted by Crippen LogP contribution is 2.79. The fraction of sp³-hybridized carbons (Fsp3) is 1.00. The van der Waals surface area contributed by atoms with E-state index in [4.69, 9.17) is 4.43 Å². The molecule has 0 aromatic carbocycles. The Kier molecular flexibility index (Phi) is 1.86. The van der Waals surface area contributed by atoms with Crippen molar-refractivity contribution in [3.63, 3.8) is 0 Å². The molecule has 0 heterocycles. The fourth-order valence-corrected chi connectivity index (χ4v) is 5.67. The van der Waals surface area contributed by atoms with Crippen molar-refractivity contribution in [3.05, 3.63) is 0 Å². The minimum absolute atomic E-state index is 0.204. The lowest BCUT2D eigenvalue weighted by Gasteiger charge is -2.40. The van der Waals surface area contributed by atoms with Gasteiger partial charge in [0, 0.05) is 5.92 Å². The summed E-state index contributed by atoms with van der Waals surface area (Å²) in [6.07, 6.45) is -2.68. The third kappa shape index (κ3) is 1.16. The van der Waals surface area contributed by atoms with E-state index in [0.29, 0.717) is 11.8 Å². The molecule has 1 nitrogen and oxygen atoms in total. The molecule has 4 aliphatic rings. The van der Waals surface area contributed by atoms with Crippen LogP contribution in [0.3, 0.4) is 0 Å². The van der Waals surface area contributed by atoms with Gasteiger partial charge in [-0.1, -0.05) is 0 Å². The first-order valence-corrected chi connectivity index (χ1v) is 9.34. The van der Waals surface area contributed by atoms with Crippen LogP contribution in [0.15, 0.2) is 0 Å². The average Bonchev–Trinajstić information content (AvgIpc) is 2.42. The van der Waals surface area contributed by atoms with Crippen molar-refractivity contribution in [1.29, 1.82) is 0 Å². The second kappa shape index (κ2) is 2.69. The van der Waals surface area contributed by atoms with Gasteiger partial charge in [-0.2, -0.15) is 13.2 Å². The zero-order valence-electron chi connectivity index (χ0n) is 9.77. The van der Waals surface area contributed by atoms with Crippen molar-refractivity contribution in [2.24, 2.45) is 23.7 Å². The summed E-state index contributed by atoms with van der Waals surface area (Å²) >= 11 is 0. The monoisotopic (exact) mass is 250 g/mol. The smallest absolute Gasteiger partial charge is 0.403 e. The van der Waals surface area contributed by atoms with E-state index < -0.39 is 20.1 Å². The predicted molar refractivity (Wildman–Crippen MR) is 56.4 cm³/mol. The zero-order chi connectivity index (χ0) is 11.9. The molecule has 5 heteroatoms. The molecule has 0 amide bonds. The quantitative estimate of drug-likeness (QED) is 0.682. The maximum Gasteiger partial charge on any atom is 0.416 e. The van der Waals surface area contributed by atoms with Crippen LogP contribution in [0.1, 0.15) is 12.8 Å². The summed E-state index contributed by atoms with van der Waals surface area (Å²) in [6, 6.07) is 0. The van der Waals surface area contributed by atoms with Gasteiger partial charge < -0.3 is 4.43 Å². The molecule has 4 fully saturated rings. The highest BCUT2D eigenvalue weighted by atomic mass is 28.4. The second-order valence-corrected chi connectivity index (χ2v) is 11.0. The van der Waals surface area contributed by atoms with Gasteiger partial charge in [-0.05, 0) is 50.2 Å². The van der Waals surface area contributed by atoms with Gasteiger partial charge in [0.1, 0.15) is 0 Å². The molecule has 0 N–H and O–H groups in total. The summed E-state index contributed by atoms with van der Waals surface area (Å²) in [5.41, 5.74) is -1.76. The van der Waals surface area contributed by atoms with E-state index in [1.54, 1.807) is 0 Å². The molecule has 0 aromatic rings. The zero-order valence-corrected chi connectivity index (χ0v) is 10.8. The van der Waals surface area contributed by atoms with E-state index in [1.807, 2.05) is 19.6 Å². The number of hydrogen-bond acceptors (Lipinski definition) is 1. The Morgan fingerprint density at radius 2 is 1.62 bits per heavy atom. The van der Waals surface area contributed by atoms with Gasteiger partial charge in [0.25, 0.3) is 0 Å². The van der Waals surface area contributed by atoms with E-state index >= 15 is 0 Å². The molecule has 0 aliphatic heterocycles. The molecule has 0 spiro atoms. The van der Waals surface area contributed by atoms with Crippen LogP contribution in [0, 0.1) is 23.7 Å². The molecule has 3 atom stereocenters. The summed E-state index contributed by atoms with van der Waals surface area (Å²) in [6.45, 7) is 5.56. The molecule has 4 rings (SSSR count). The Balaban J connectivity index is 1.98. The third-order valence-corrected chi connectivity index (χ3v) is 5.41. The SMILES string of the molecule is C[Si](C)(C)O[C@@]1(C(F)(F)F)C2CC3C(C2)C31. The minimum Gasteiger partial charge on any atom is -0.403 e. The lowest BCUT2D eigenvalue weighted by molar-refractivity contribution is -0.266. The fourth-order valence-electron chi connectivity index (χ4n) is 4.24. The number of rotatable bonds is 2. The van der Waals surface area contributed by atoms with Crippen LogP contribution in [-0.2, 0) is 4.43 Å². The van der Waals surface area contributed by atoms with E-state index in [1.165, 1.54) is 0 Å². The van der Waals surface area contributed by atoms with Crippen LogP contribution >= 0.6 is 0 Å². The first-order valence-electron chi connectivity index (χ1n) is 5.94. The van der Waals surface area contributed by atoms with Gasteiger partial charge in [0.15, 0.2) is 13.9 Å². The first kappa shape index (κ1) is 11.1. The van der Waals surface area contributed by atoms with Crippen molar-refractivity contribution in [3.8, 4) is 0 Å². The Labute approximate surface area is 94.5 Å². The van der Waals surface area contributed by atoms with Gasteiger partial charge >= 0.3 is 6.18 Å². The van der Waals surface area contributed by atoms with Gasteiger partial charge in [-0.3, -0.25) is 0 Å². The van der Waals surface area contributed by atoms with Crippen LogP contribution in [0.4, 0.5) is 13.2 Å². The molecule has 2 unspecified atom stereocenters. The molecular weight excluding hydrogens is 233 g/mol. The molecule has 4 saturated carbocycles. The van der Waals surface area contributed by atoms with Gasteiger partial charge in [-0.25, -0.2) is 0 Å². The van der Waals surface area contributed by atoms with Crippen LogP contribution < -0.4 is 0 Å². The van der Waals surface area contributed by atoms with E-state index in [9.17, 15) is 13.2 Å². The van der Waals surface area contributed by atoms with Crippen molar-refractivity contribution >= 4 is 8.32 Å². The normalized spacial score (nSPS) is 49.9. The minimum atomic E-state index is -4.18. The number of halogens is 3. The molecule has 4 bridgehead atoms. The van der Waals surface area contributed by atoms with E-state index in [0.717, 1.165) is 12.8 Å². The Hall–Kier alpha value is -0.0331. The van der Waals surface area contributed by atoms with Crippen LogP contribution in [-0.4, -0.2) is 20.1 Å². The summed E-state index contributed by atoms with van der Waals surface area (Å²) in [4.78, 5) is 0. The average molecular weight is 250 g/mol. The van der Waals surface area contributed by atoms with Crippen molar-refractivity contribution < 1.29 is 17.6 Å². The van der Waals surface area contributed by atoms with Crippen molar-refractivity contribution in [1.82, 2.24) is 0 Å². The number of alkyl halides is 3. The van der Waals surface area contributed by atoms with Crippen LogP contribution in [0.5, 0.6) is 0 Å². The van der Waals surface area contributed by atoms with E-state index in [-0.39, 0.29) is 11.8 Å². The highest BCUT2D eigenvalue weighted by Gasteiger charge is 2.84. The van der Waals surface area contributed by atoms with Gasteiger partial charge in [-0.15, -0.1) is 0 Å². The molecule has 92 valence electrons. The van der Waals surface area contributed by atoms with Crippen molar-refractivity contribution in [2.75, 3.05) is 0 Å². The highest BCUT2D eigenvalue weighted by molar-refractivity contribution is 6.69. The lowest BCUT2D eigenvalue weighted by atomic mass is 9.92. The summed E-state index contributed by atoms with van der Waals surface area (Å²) in [5, 5.41) is 0. The van der Waals surface area contributed by atoms with E-state index in [2.05, 4.69) is 0 Å². The third-order valence-electron chi connectivity index (χ3n) is 4.46. The van der Waals surface area contributed by atoms with Gasteiger partial charge in [0.2, 0.25) is 0 Å². The summed E-state index contributed by atoms with van der Waals surface area (Å²) < 4.78 is 45.9. The maximum atomic E-state index is 13.4. The Morgan fingerprint density at radius 1 is 1.12 bits per heavy atom. The largest absolute Gasteiger partial charge is 0.416 e. The molecule has 0 aromatic heterocycles. The lowest BCUT2D eigenvalue weighted by Crippen LogP contribution is -2.56. The molecule has 0 saturated heterocycles. The summed E-state index contributed by atoms with van der Waals surface area (Å²) in [7, 11) is -2.15.